The van der Waals surface area contributed by atoms with Crippen LogP contribution in [-0.2, 0) is 9.59 Å². The molecule has 2 N–H and O–H groups in total. The highest BCUT2D eigenvalue weighted by atomic mass is 32.2. The minimum Gasteiger partial charge on any atom is -0.323 e. The summed E-state index contributed by atoms with van der Waals surface area (Å²) in [6.45, 7) is 1.87. The highest BCUT2D eigenvalue weighted by Crippen LogP contribution is 2.36. The van der Waals surface area contributed by atoms with Gasteiger partial charge in [-0.1, -0.05) is 49.0 Å². The van der Waals surface area contributed by atoms with Gasteiger partial charge < -0.3 is 10.6 Å². The normalized spacial score (nSPS) is 23.5. The molecule has 7 heteroatoms. The summed E-state index contributed by atoms with van der Waals surface area (Å²) in [5, 5.41) is 5.72. The average Bonchev–Trinajstić information content (AvgIpc) is 2.97. The van der Waals surface area contributed by atoms with Crippen LogP contribution in [0, 0.1) is 5.92 Å². The van der Waals surface area contributed by atoms with Gasteiger partial charge in [0, 0.05) is 9.79 Å². The molecule has 1 saturated heterocycles. The highest BCUT2D eigenvalue weighted by Gasteiger charge is 2.52. The van der Waals surface area contributed by atoms with E-state index in [1.807, 2.05) is 54.6 Å². The maximum Gasteiger partial charge on any atom is 0.325 e. The molecule has 1 aliphatic heterocycles. The van der Waals surface area contributed by atoms with Crippen molar-refractivity contribution in [3.05, 3.63) is 54.6 Å². The van der Waals surface area contributed by atoms with Crippen LogP contribution < -0.4 is 10.6 Å². The maximum atomic E-state index is 13.0. The van der Waals surface area contributed by atoms with E-state index >= 15 is 0 Å². The largest absolute Gasteiger partial charge is 0.325 e. The second-order valence-electron chi connectivity index (χ2n) is 8.05. The molecule has 2 aliphatic rings. The topological polar surface area (TPSA) is 78.5 Å². The Morgan fingerprint density at radius 2 is 1.77 bits per heavy atom. The van der Waals surface area contributed by atoms with Crippen LogP contribution in [0.5, 0.6) is 0 Å². The predicted octanol–water partition coefficient (Wildman–Crippen LogP) is 4.28. The molecule has 2 fully saturated rings. The fourth-order valence-electron chi connectivity index (χ4n) is 4.02. The van der Waals surface area contributed by atoms with Gasteiger partial charge in [-0.05, 0) is 55.9 Å². The molecule has 1 heterocycles. The summed E-state index contributed by atoms with van der Waals surface area (Å²) >= 11 is 1.54. The summed E-state index contributed by atoms with van der Waals surface area (Å²) in [5.41, 5.74) is -0.171. The Morgan fingerprint density at radius 3 is 2.50 bits per heavy atom. The van der Waals surface area contributed by atoms with Gasteiger partial charge in [-0.15, -0.1) is 0 Å². The molecule has 4 rings (SSSR count). The standard InChI is InChI=1S/C23H25N3O3S/c1-16-11-13-23(14-12-16)21(28)26(22(29)25-23)15-20(27)24-18-9-5-6-10-19(18)30-17-7-3-2-4-8-17/h2-10,16H,11-15H2,1H3,(H,24,27)(H,25,29). The number of amides is 4. The fraction of sp³-hybridized carbons (Fsp3) is 0.348. The average molecular weight is 424 g/mol. The van der Waals surface area contributed by atoms with Gasteiger partial charge in [0.05, 0.1) is 5.69 Å². The highest BCUT2D eigenvalue weighted by molar-refractivity contribution is 7.99. The van der Waals surface area contributed by atoms with Gasteiger partial charge in [-0.2, -0.15) is 0 Å². The van der Waals surface area contributed by atoms with E-state index in [4.69, 9.17) is 0 Å². The molecule has 0 unspecified atom stereocenters. The van der Waals surface area contributed by atoms with E-state index in [2.05, 4.69) is 17.6 Å². The van der Waals surface area contributed by atoms with Crippen molar-refractivity contribution in [3.63, 3.8) is 0 Å². The predicted molar refractivity (Wildman–Crippen MR) is 116 cm³/mol. The number of hydrogen-bond donors (Lipinski definition) is 2. The first-order valence-corrected chi connectivity index (χ1v) is 11.0. The molecule has 2 aromatic carbocycles. The van der Waals surface area contributed by atoms with Crippen molar-refractivity contribution in [2.45, 2.75) is 47.9 Å². The summed E-state index contributed by atoms with van der Waals surface area (Å²) < 4.78 is 0. The van der Waals surface area contributed by atoms with Crippen LogP contribution in [0.25, 0.3) is 0 Å². The van der Waals surface area contributed by atoms with Gasteiger partial charge in [0.1, 0.15) is 12.1 Å². The Kier molecular flexibility index (Phi) is 5.81. The van der Waals surface area contributed by atoms with Crippen LogP contribution in [0.3, 0.4) is 0 Å². The zero-order chi connectivity index (χ0) is 21.1. The molecule has 0 atom stereocenters. The Hall–Kier alpha value is -2.80. The number of benzene rings is 2. The zero-order valence-corrected chi connectivity index (χ0v) is 17.7. The van der Waals surface area contributed by atoms with E-state index in [1.54, 1.807) is 11.8 Å². The van der Waals surface area contributed by atoms with Gasteiger partial charge in [0.25, 0.3) is 5.91 Å². The Morgan fingerprint density at radius 1 is 1.10 bits per heavy atom. The lowest BCUT2D eigenvalue weighted by molar-refractivity contribution is -0.135. The minimum absolute atomic E-state index is 0.276. The lowest BCUT2D eigenvalue weighted by atomic mass is 9.77. The third kappa shape index (κ3) is 4.21. The number of anilines is 1. The molecular weight excluding hydrogens is 398 g/mol. The first-order valence-electron chi connectivity index (χ1n) is 10.2. The Balaban J connectivity index is 1.43. The molecule has 1 aliphatic carbocycles. The molecular formula is C23H25N3O3S. The monoisotopic (exact) mass is 423 g/mol. The number of urea groups is 1. The van der Waals surface area contributed by atoms with E-state index in [9.17, 15) is 14.4 Å². The van der Waals surface area contributed by atoms with E-state index in [0.29, 0.717) is 24.4 Å². The summed E-state index contributed by atoms with van der Waals surface area (Å²) in [4.78, 5) is 41.1. The van der Waals surface area contributed by atoms with E-state index < -0.39 is 11.6 Å². The SMILES string of the molecule is CC1CCC2(CC1)NC(=O)N(CC(=O)Nc1ccccc1Sc1ccccc1)C2=O. The van der Waals surface area contributed by atoms with Gasteiger partial charge in [0.2, 0.25) is 5.91 Å². The van der Waals surface area contributed by atoms with Crippen molar-refractivity contribution < 1.29 is 14.4 Å². The summed E-state index contributed by atoms with van der Waals surface area (Å²) in [5.74, 6) is -0.112. The van der Waals surface area contributed by atoms with Crippen LogP contribution >= 0.6 is 11.8 Å². The molecule has 6 nitrogen and oxygen atoms in total. The van der Waals surface area contributed by atoms with Crippen LogP contribution in [0.2, 0.25) is 0 Å². The quantitative estimate of drug-likeness (QED) is 0.704. The molecule has 2 aromatic rings. The van der Waals surface area contributed by atoms with Crippen molar-refractivity contribution in [1.82, 2.24) is 10.2 Å². The molecule has 30 heavy (non-hydrogen) atoms. The number of hydrogen-bond acceptors (Lipinski definition) is 4. The van der Waals surface area contributed by atoms with E-state index in [1.165, 1.54) is 0 Å². The van der Waals surface area contributed by atoms with Crippen LogP contribution in [0.4, 0.5) is 10.5 Å². The molecule has 0 aromatic heterocycles. The van der Waals surface area contributed by atoms with Crippen molar-refractivity contribution in [2.24, 2.45) is 5.92 Å². The molecule has 0 radical (unpaired) electrons. The van der Waals surface area contributed by atoms with Crippen molar-refractivity contribution in [1.29, 1.82) is 0 Å². The summed E-state index contributed by atoms with van der Waals surface area (Å²) in [6.07, 6.45) is 3.06. The molecule has 1 saturated carbocycles. The van der Waals surface area contributed by atoms with Crippen LogP contribution in [0.1, 0.15) is 32.6 Å². The van der Waals surface area contributed by atoms with Gasteiger partial charge >= 0.3 is 6.03 Å². The Labute approximate surface area is 180 Å². The van der Waals surface area contributed by atoms with Crippen molar-refractivity contribution in [3.8, 4) is 0 Å². The third-order valence-corrected chi connectivity index (χ3v) is 6.89. The number of para-hydroxylation sites is 1. The van der Waals surface area contributed by atoms with Gasteiger partial charge in [-0.3, -0.25) is 14.5 Å². The summed E-state index contributed by atoms with van der Waals surface area (Å²) in [7, 11) is 0. The van der Waals surface area contributed by atoms with Crippen LogP contribution in [0.15, 0.2) is 64.4 Å². The Bertz CT molecular complexity index is 955. The molecule has 0 bridgehead atoms. The van der Waals surface area contributed by atoms with Crippen LogP contribution in [-0.4, -0.2) is 34.8 Å². The van der Waals surface area contributed by atoms with E-state index in [0.717, 1.165) is 27.5 Å². The molecule has 1 spiro atoms. The second-order valence-corrected chi connectivity index (χ2v) is 9.16. The molecule has 156 valence electrons. The first-order chi connectivity index (χ1) is 14.5. The maximum absolute atomic E-state index is 13.0. The number of carbonyl (C=O) groups excluding carboxylic acids is 3. The van der Waals surface area contributed by atoms with Crippen molar-refractivity contribution in [2.75, 3.05) is 11.9 Å². The molecule has 4 amide bonds. The van der Waals surface area contributed by atoms with E-state index in [-0.39, 0.29) is 18.4 Å². The lowest BCUT2D eigenvalue weighted by Crippen LogP contribution is -2.49. The number of imide groups is 1. The third-order valence-electron chi connectivity index (χ3n) is 5.81. The van der Waals surface area contributed by atoms with Gasteiger partial charge in [0.15, 0.2) is 0 Å². The number of nitrogens with zero attached hydrogens (tertiary/aromatic N) is 1. The fourth-order valence-corrected chi connectivity index (χ4v) is 4.94. The minimum atomic E-state index is -0.828. The number of nitrogens with one attached hydrogen (secondary N) is 2. The smallest absolute Gasteiger partial charge is 0.323 e. The second kappa shape index (κ2) is 8.52. The number of carbonyl (C=O) groups is 3. The summed E-state index contributed by atoms with van der Waals surface area (Å²) in [6, 6.07) is 16.9. The lowest BCUT2D eigenvalue weighted by Gasteiger charge is -2.33. The first kappa shape index (κ1) is 20.5. The van der Waals surface area contributed by atoms with Gasteiger partial charge in [-0.25, -0.2) is 4.79 Å². The van der Waals surface area contributed by atoms with Crippen molar-refractivity contribution >= 4 is 35.3 Å². The zero-order valence-electron chi connectivity index (χ0n) is 16.9. The number of rotatable bonds is 5.